The Morgan fingerprint density at radius 1 is 0.562 bits per heavy atom. The summed E-state index contributed by atoms with van der Waals surface area (Å²) < 4.78 is 4.99. The number of phenolic OH excluding ortho intramolecular Hbond substituents is 4. The summed E-state index contributed by atoms with van der Waals surface area (Å²) in [4.78, 5) is 35.4. The molecule has 0 aliphatic rings. The zero-order valence-electron chi connectivity index (χ0n) is 25.9. The SMILES string of the molecule is COc1cc(/C=C/C(=O)CC(=O)/C=C/c2ccc(O)cc2)ccc1O.O=C(/C=C(O)/C=C/c1ccc(O)cc1)/C=C/c1ccc(O)cc1. The molecule has 244 valence electrons. The predicted molar refractivity (Wildman–Crippen MR) is 185 cm³/mol. The molecule has 4 aromatic carbocycles. The highest BCUT2D eigenvalue weighted by Gasteiger charge is 2.05. The maximum absolute atomic E-state index is 11.8. The van der Waals surface area contributed by atoms with E-state index in [1.807, 2.05) is 0 Å². The third-order valence-electron chi connectivity index (χ3n) is 6.33. The Balaban J connectivity index is 0.000000261. The maximum Gasteiger partial charge on any atom is 0.182 e. The molecule has 0 aromatic heterocycles. The van der Waals surface area contributed by atoms with Gasteiger partial charge < -0.3 is 30.3 Å². The van der Waals surface area contributed by atoms with Gasteiger partial charge in [-0.05, 0) is 95.1 Å². The first kappa shape index (κ1) is 35.9. The fourth-order valence-corrected chi connectivity index (χ4v) is 3.82. The molecule has 4 rings (SSSR count). The maximum atomic E-state index is 11.8. The van der Waals surface area contributed by atoms with Crippen LogP contribution in [0.25, 0.3) is 24.3 Å². The number of carbonyl (C=O) groups is 3. The number of aromatic hydroxyl groups is 4. The summed E-state index contributed by atoms with van der Waals surface area (Å²) in [6.45, 7) is 0. The van der Waals surface area contributed by atoms with Gasteiger partial charge in [-0.15, -0.1) is 0 Å². The van der Waals surface area contributed by atoms with Crippen LogP contribution in [-0.2, 0) is 14.4 Å². The predicted octanol–water partition coefficient (Wildman–Crippen LogP) is 7.20. The lowest BCUT2D eigenvalue weighted by Crippen LogP contribution is -2.01. The van der Waals surface area contributed by atoms with Crippen LogP contribution in [0, 0.1) is 0 Å². The number of phenols is 4. The van der Waals surface area contributed by atoms with Gasteiger partial charge in [0, 0.05) is 6.08 Å². The Bertz CT molecular complexity index is 1840. The molecule has 0 amide bonds. The minimum absolute atomic E-state index is 0.0144. The Morgan fingerprint density at radius 2 is 0.958 bits per heavy atom. The van der Waals surface area contributed by atoms with Gasteiger partial charge in [-0.25, -0.2) is 0 Å². The molecule has 9 heteroatoms. The van der Waals surface area contributed by atoms with E-state index in [4.69, 9.17) is 9.84 Å². The fraction of sp³-hybridized carbons (Fsp3) is 0.0513. The molecule has 0 aliphatic carbocycles. The lowest BCUT2D eigenvalue weighted by atomic mass is 10.1. The molecular formula is C39H34O9. The summed E-state index contributed by atoms with van der Waals surface area (Å²) in [6, 6.07) is 23.9. The Morgan fingerprint density at radius 3 is 1.42 bits per heavy atom. The third-order valence-corrected chi connectivity index (χ3v) is 6.33. The second kappa shape index (κ2) is 18.4. The van der Waals surface area contributed by atoms with Gasteiger partial charge in [-0.1, -0.05) is 66.8 Å². The molecule has 0 heterocycles. The first-order chi connectivity index (χ1) is 23.0. The molecule has 0 bridgehead atoms. The summed E-state index contributed by atoms with van der Waals surface area (Å²) in [6.07, 6.45) is 12.6. The average Bonchev–Trinajstić information content (AvgIpc) is 3.07. The molecule has 0 saturated carbocycles. The van der Waals surface area contributed by atoms with Crippen molar-refractivity contribution in [3.05, 3.63) is 149 Å². The normalized spacial score (nSPS) is 11.6. The van der Waals surface area contributed by atoms with Crippen LogP contribution in [0.15, 0.2) is 127 Å². The van der Waals surface area contributed by atoms with E-state index >= 15 is 0 Å². The van der Waals surface area contributed by atoms with Gasteiger partial charge >= 0.3 is 0 Å². The number of ether oxygens (including phenoxy) is 1. The van der Waals surface area contributed by atoms with Crippen molar-refractivity contribution in [1.29, 1.82) is 0 Å². The topological polar surface area (TPSA) is 162 Å². The van der Waals surface area contributed by atoms with Gasteiger partial charge in [0.05, 0.1) is 13.5 Å². The van der Waals surface area contributed by atoms with Crippen LogP contribution in [0.1, 0.15) is 28.7 Å². The van der Waals surface area contributed by atoms with Crippen LogP contribution in [0.2, 0.25) is 0 Å². The van der Waals surface area contributed by atoms with Crippen molar-refractivity contribution >= 4 is 41.7 Å². The smallest absolute Gasteiger partial charge is 0.182 e. The first-order valence-electron chi connectivity index (χ1n) is 14.5. The van der Waals surface area contributed by atoms with Crippen molar-refractivity contribution in [3.63, 3.8) is 0 Å². The number of aliphatic hydroxyl groups is 1. The number of rotatable bonds is 12. The fourth-order valence-electron chi connectivity index (χ4n) is 3.82. The zero-order valence-corrected chi connectivity index (χ0v) is 25.9. The second-order valence-electron chi connectivity index (χ2n) is 10.1. The quantitative estimate of drug-likeness (QED) is 0.0464. The molecule has 0 spiro atoms. The Kier molecular flexibility index (Phi) is 13.7. The van der Waals surface area contributed by atoms with Crippen LogP contribution in [0.5, 0.6) is 28.7 Å². The summed E-state index contributed by atoms with van der Waals surface area (Å²) in [5.41, 5.74) is 2.99. The Hall–Kier alpha value is -6.61. The number of allylic oxidation sites excluding steroid dienone is 5. The summed E-state index contributed by atoms with van der Waals surface area (Å²) in [5, 5.41) is 46.7. The number of carbonyl (C=O) groups excluding carboxylic acids is 3. The summed E-state index contributed by atoms with van der Waals surface area (Å²) >= 11 is 0. The third kappa shape index (κ3) is 13.2. The first-order valence-corrected chi connectivity index (χ1v) is 14.5. The van der Waals surface area contributed by atoms with Crippen LogP contribution in [0.4, 0.5) is 0 Å². The molecule has 0 aliphatic heterocycles. The molecule has 4 aromatic rings. The van der Waals surface area contributed by atoms with E-state index in [0.717, 1.165) is 22.8 Å². The van der Waals surface area contributed by atoms with Crippen LogP contribution < -0.4 is 4.74 Å². The lowest BCUT2D eigenvalue weighted by Gasteiger charge is -2.03. The van der Waals surface area contributed by atoms with Gasteiger partial charge in [-0.3, -0.25) is 14.4 Å². The molecule has 0 unspecified atom stereocenters. The highest BCUT2D eigenvalue weighted by atomic mass is 16.5. The number of methoxy groups -OCH3 is 1. The number of hydrogen-bond donors (Lipinski definition) is 5. The summed E-state index contributed by atoms with van der Waals surface area (Å²) in [7, 11) is 1.44. The van der Waals surface area contributed by atoms with E-state index < -0.39 is 0 Å². The summed E-state index contributed by atoms with van der Waals surface area (Å²) in [5.74, 6) is -0.373. The van der Waals surface area contributed by atoms with E-state index in [2.05, 4.69) is 0 Å². The molecular weight excluding hydrogens is 612 g/mol. The van der Waals surface area contributed by atoms with Gasteiger partial charge in [0.15, 0.2) is 28.8 Å². The molecule has 0 radical (unpaired) electrons. The van der Waals surface area contributed by atoms with Gasteiger partial charge in [0.1, 0.15) is 23.0 Å². The van der Waals surface area contributed by atoms with Crippen molar-refractivity contribution < 1.29 is 44.7 Å². The van der Waals surface area contributed by atoms with Crippen LogP contribution >= 0.6 is 0 Å². The van der Waals surface area contributed by atoms with E-state index in [-0.39, 0.29) is 52.5 Å². The van der Waals surface area contributed by atoms with Crippen molar-refractivity contribution in [2.75, 3.05) is 7.11 Å². The van der Waals surface area contributed by atoms with Crippen LogP contribution in [0.3, 0.4) is 0 Å². The standard InChI is InChI=1S/C20H18O5.C19H16O4/c1-25-20-12-15(6-11-19(20)24)5-10-18(23)13-17(22)9-4-14-2-7-16(21)8-3-14;20-16-7-1-14(2-8-16)5-11-18(22)13-19(23)12-6-15-3-9-17(21)10-4-15/h2-12,21,24H,13H2,1H3;1-13,20-22H/b9-4+,10-5+;11-5+,12-6+,18-13-. The minimum Gasteiger partial charge on any atom is -0.508 e. The van der Waals surface area contributed by atoms with Crippen molar-refractivity contribution in [3.8, 4) is 28.7 Å². The monoisotopic (exact) mass is 646 g/mol. The molecule has 0 saturated heterocycles. The molecule has 5 N–H and O–H groups in total. The minimum atomic E-state index is -0.356. The van der Waals surface area contributed by atoms with Crippen molar-refractivity contribution in [2.45, 2.75) is 6.42 Å². The molecule has 0 fully saturated rings. The van der Waals surface area contributed by atoms with E-state index in [1.165, 1.54) is 73.9 Å². The highest BCUT2D eigenvalue weighted by molar-refractivity contribution is 6.10. The van der Waals surface area contributed by atoms with E-state index in [1.54, 1.807) is 72.8 Å². The lowest BCUT2D eigenvalue weighted by molar-refractivity contribution is -0.122. The number of aliphatic hydroxyl groups excluding tert-OH is 1. The van der Waals surface area contributed by atoms with Crippen molar-refractivity contribution in [2.24, 2.45) is 0 Å². The highest BCUT2D eigenvalue weighted by Crippen LogP contribution is 2.26. The largest absolute Gasteiger partial charge is 0.508 e. The zero-order chi connectivity index (χ0) is 34.9. The molecule has 9 nitrogen and oxygen atoms in total. The van der Waals surface area contributed by atoms with Crippen molar-refractivity contribution in [1.82, 2.24) is 0 Å². The van der Waals surface area contributed by atoms with Gasteiger partial charge in [0.2, 0.25) is 0 Å². The van der Waals surface area contributed by atoms with Crippen LogP contribution in [-0.4, -0.2) is 50.0 Å². The van der Waals surface area contributed by atoms with E-state index in [9.17, 15) is 34.8 Å². The van der Waals surface area contributed by atoms with Gasteiger partial charge in [0.25, 0.3) is 0 Å². The molecule has 0 atom stereocenters. The number of hydrogen-bond acceptors (Lipinski definition) is 9. The number of ketones is 3. The molecule has 48 heavy (non-hydrogen) atoms. The van der Waals surface area contributed by atoms with Gasteiger partial charge in [-0.2, -0.15) is 0 Å². The second-order valence-corrected chi connectivity index (χ2v) is 10.1. The number of benzene rings is 4. The Labute approximate surface area is 277 Å². The van der Waals surface area contributed by atoms with E-state index in [0.29, 0.717) is 11.3 Å². The average molecular weight is 647 g/mol.